The second kappa shape index (κ2) is 10.1. The van der Waals surface area contributed by atoms with Crippen LogP contribution in [0.5, 0.6) is 0 Å². The summed E-state index contributed by atoms with van der Waals surface area (Å²) in [5.41, 5.74) is 24.6. The molecule has 2 aliphatic heterocycles. The molecule has 42 heavy (non-hydrogen) atoms. The maximum absolute atomic E-state index is 5.30. The molecule has 4 heterocycles. The molecule has 0 amide bonds. The first-order valence-corrected chi connectivity index (χ1v) is 14.9. The van der Waals surface area contributed by atoms with Crippen molar-refractivity contribution >= 4 is 44.4 Å². The van der Waals surface area contributed by atoms with E-state index in [0.29, 0.717) is 0 Å². The number of fused-ring (bicyclic) bond motifs is 7. The lowest BCUT2D eigenvalue weighted by atomic mass is 9.97. The standard InChI is InChI=1S/C37H45N5/c1-16-17(2)19(4)35-34(18(16)3)38-28(13)32-22(7)20(5)30(40-32)26(11)36-24(9)25(10)37(42(36)15)27(12)31-21(6)23(8)33(41-31)29(14)39-35/h1-15H3. The Morgan fingerprint density at radius 3 is 0.976 bits per heavy atom. The third-order valence-electron chi connectivity index (χ3n) is 10.2. The molecule has 2 aromatic heterocycles. The van der Waals surface area contributed by atoms with Gasteiger partial charge in [0.1, 0.15) is 0 Å². The summed E-state index contributed by atoms with van der Waals surface area (Å²) in [7, 11) is 2.18. The van der Waals surface area contributed by atoms with Crippen molar-refractivity contribution in [1.29, 1.82) is 0 Å². The lowest BCUT2D eigenvalue weighted by Gasteiger charge is -2.12. The summed E-state index contributed by atoms with van der Waals surface area (Å²) < 4.78 is 2.34. The van der Waals surface area contributed by atoms with E-state index < -0.39 is 0 Å². The van der Waals surface area contributed by atoms with E-state index in [-0.39, 0.29) is 0 Å². The SMILES string of the molecule is CC1=C(C)c2nc1c(C)nc1c(C)c(C)c(C)c(C)c1nc(C)c1nc(c(C)c3c(C)c(C)c(c2C)n3C)C(C)=C1C. The van der Waals surface area contributed by atoms with Gasteiger partial charge in [-0.1, -0.05) is 0 Å². The number of nitrogens with zero attached hydrogens (tertiary/aromatic N) is 5. The Hall–Kier alpha value is -3.86. The molecule has 0 radical (unpaired) electrons. The van der Waals surface area contributed by atoms with E-state index in [4.69, 9.17) is 19.9 Å². The lowest BCUT2D eigenvalue weighted by molar-refractivity contribution is 0.990. The Balaban J connectivity index is 2.17. The number of hydrogen-bond donors (Lipinski definition) is 0. The molecule has 0 unspecified atom stereocenters. The van der Waals surface area contributed by atoms with Crippen LogP contribution in [0.3, 0.4) is 0 Å². The van der Waals surface area contributed by atoms with Gasteiger partial charge in [0.2, 0.25) is 0 Å². The van der Waals surface area contributed by atoms with Crippen LogP contribution >= 0.6 is 0 Å². The molecule has 5 heteroatoms. The van der Waals surface area contributed by atoms with Gasteiger partial charge in [-0.2, -0.15) is 0 Å². The van der Waals surface area contributed by atoms with Gasteiger partial charge in [-0.05, 0) is 164 Å². The maximum atomic E-state index is 5.30. The summed E-state index contributed by atoms with van der Waals surface area (Å²) >= 11 is 0. The molecule has 6 bridgehead atoms. The average Bonchev–Trinajstić information content (AvgIpc) is 3.50. The third-order valence-corrected chi connectivity index (χ3v) is 10.2. The first kappa shape index (κ1) is 29.6. The second-order valence-corrected chi connectivity index (χ2v) is 12.5. The molecule has 3 aromatic rings. The molecular weight excluding hydrogens is 514 g/mol. The first-order chi connectivity index (χ1) is 19.6. The van der Waals surface area contributed by atoms with Crippen LogP contribution in [0, 0.1) is 69.2 Å². The normalized spacial score (nSPS) is 13.4. The van der Waals surface area contributed by atoms with E-state index in [9.17, 15) is 0 Å². The zero-order valence-corrected chi connectivity index (χ0v) is 28.2. The van der Waals surface area contributed by atoms with Crippen molar-refractivity contribution in [2.45, 2.75) is 96.9 Å². The molecular formula is C37H45N5. The molecule has 0 atom stereocenters. The second-order valence-electron chi connectivity index (χ2n) is 12.5. The van der Waals surface area contributed by atoms with E-state index in [1.165, 1.54) is 66.7 Å². The van der Waals surface area contributed by atoms with Crippen LogP contribution in [-0.2, 0) is 7.05 Å². The largest absolute Gasteiger partial charge is 0.344 e. The Labute approximate surface area is 251 Å². The van der Waals surface area contributed by atoms with Crippen molar-refractivity contribution in [1.82, 2.24) is 24.5 Å². The highest BCUT2D eigenvalue weighted by Crippen LogP contribution is 2.38. The van der Waals surface area contributed by atoms with E-state index in [2.05, 4.69) is 109 Å². The van der Waals surface area contributed by atoms with Gasteiger partial charge in [0, 0.05) is 18.1 Å². The van der Waals surface area contributed by atoms with Crippen molar-refractivity contribution in [2.24, 2.45) is 7.05 Å². The molecule has 0 aliphatic carbocycles. The van der Waals surface area contributed by atoms with Crippen molar-refractivity contribution in [3.05, 3.63) is 78.7 Å². The van der Waals surface area contributed by atoms with Crippen LogP contribution in [0.15, 0.2) is 0 Å². The minimum atomic E-state index is 0.907. The predicted molar refractivity (Wildman–Crippen MR) is 179 cm³/mol. The highest BCUT2D eigenvalue weighted by molar-refractivity contribution is 5.95. The highest BCUT2D eigenvalue weighted by Gasteiger charge is 2.23. The van der Waals surface area contributed by atoms with Gasteiger partial charge in [0.25, 0.3) is 0 Å². The number of allylic oxidation sites excluding steroid dienone is 4. The lowest BCUT2D eigenvalue weighted by Crippen LogP contribution is -1.99. The smallest absolute Gasteiger partial charge is 0.0925 e. The fourth-order valence-corrected chi connectivity index (χ4v) is 6.95. The molecule has 0 fully saturated rings. The molecule has 0 spiro atoms. The number of aromatic nitrogens is 5. The molecule has 0 saturated carbocycles. The van der Waals surface area contributed by atoms with Crippen LogP contribution in [-0.4, -0.2) is 24.5 Å². The van der Waals surface area contributed by atoms with E-state index in [1.54, 1.807) is 0 Å². The van der Waals surface area contributed by atoms with E-state index >= 15 is 0 Å². The van der Waals surface area contributed by atoms with Crippen LogP contribution in [0.2, 0.25) is 0 Å². The molecule has 2 aliphatic rings. The Kier molecular flexibility index (Phi) is 7.16. The minimum Gasteiger partial charge on any atom is -0.344 e. The summed E-state index contributed by atoms with van der Waals surface area (Å²) in [5, 5.41) is 0. The predicted octanol–water partition coefficient (Wildman–Crippen LogP) is 9.33. The van der Waals surface area contributed by atoms with Crippen LogP contribution in [0.4, 0.5) is 0 Å². The molecule has 218 valence electrons. The zero-order valence-electron chi connectivity index (χ0n) is 28.2. The van der Waals surface area contributed by atoms with Crippen molar-refractivity contribution < 1.29 is 0 Å². The van der Waals surface area contributed by atoms with Gasteiger partial charge in [-0.3, -0.25) is 0 Å². The highest BCUT2D eigenvalue weighted by atomic mass is 15.0. The fraction of sp³-hybridized carbons (Fsp3) is 0.405. The molecule has 0 N–H and O–H groups in total. The van der Waals surface area contributed by atoms with Crippen molar-refractivity contribution in [3.63, 3.8) is 0 Å². The summed E-state index contributed by atoms with van der Waals surface area (Å²) in [6, 6.07) is 0. The van der Waals surface area contributed by atoms with Crippen molar-refractivity contribution in [3.8, 4) is 0 Å². The summed E-state index contributed by atoms with van der Waals surface area (Å²) in [6.07, 6.45) is 0. The summed E-state index contributed by atoms with van der Waals surface area (Å²) in [5.74, 6) is 0. The number of rotatable bonds is 0. The Morgan fingerprint density at radius 1 is 0.333 bits per heavy atom. The third kappa shape index (κ3) is 4.11. The number of benzene rings is 1. The van der Waals surface area contributed by atoms with E-state index in [1.807, 2.05) is 0 Å². The van der Waals surface area contributed by atoms with Crippen molar-refractivity contribution in [2.75, 3.05) is 0 Å². The Morgan fingerprint density at radius 2 is 0.643 bits per heavy atom. The quantitative estimate of drug-likeness (QED) is 0.275. The van der Waals surface area contributed by atoms with Gasteiger partial charge >= 0.3 is 0 Å². The molecule has 0 saturated heterocycles. The summed E-state index contributed by atoms with van der Waals surface area (Å²) in [4.78, 5) is 21.1. The summed E-state index contributed by atoms with van der Waals surface area (Å²) in [6.45, 7) is 30.4. The number of aryl methyl sites for hydroxylation is 9. The van der Waals surface area contributed by atoms with Gasteiger partial charge in [0.05, 0.1) is 45.2 Å². The zero-order chi connectivity index (χ0) is 31.1. The van der Waals surface area contributed by atoms with Crippen LogP contribution < -0.4 is 0 Å². The van der Waals surface area contributed by atoms with Gasteiger partial charge in [-0.25, -0.2) is 19.9 Å². The van der Waals surface area contributed by atoms with Crippen LogP contribution in [0.1, 0.15) is 106 Å². The maximum Gasteiger partial charge on any atom is 0.0925 e. The fourth-order valence-electron chi connectivity index (χ4n) is 6.95. The average molecular weight is 560 g/mol. The van der Waals surface area contributed by atoms with Gasteiger partial charge < -0.3 is 4.57 Å². The Bertz CT molecular complexity index is 1870. The molecule has 5 rings (SSSR count). The van der Waals surface area contributed by atoms with E-state index in [0.717, 1.165) is 56.3 Å². The van der Waals surface area contributed by atoms with Gasteiger partial charge in [-0.15, -0.1) is 0 Å². The molecule has 1 aromatic carbocycles. The monoisotopic (exact) mass is 559 g/mol. The topological polar surface area (TPSA) is 56.5 Å². The van der Waals surface area contributed by atoms with Gasteiger partial charge in [0.15, 0.2) is 0 Å². The molecule has 5 nitrogen and oxygen atoms in total. The first-order valence-electron chi connectivity index (χ1n) is 14.9. The van der Waals surface area contributed by atoms with Crippen LogP contribution in [0.25, 0.3) is 44.4 Å². The number of hydrogen-bond acceptors (Lipinski definition) is 4. The minimum absolute atomic E-state index is 0.907.